The fraction of sp³-hybridized carbons (Fsp3) is 0.300. The molecule has 16 heteroatoms. The van der Waals surface area contributed by atoms with Crippen LogP contribution in [0, 0.1) is 11.6 Å². The third-order valence-corrected chi connectivity index (χ3v) is 8.03. The van der Waals surface area contributed by atoms with Gasteiger partial charge in [0.15, 0.2) is 11.6 Å². The third kappa shape index (κ3) is 7.46. The Kier molecular flexibility index (Phi) is 10.2. The number of ether oxygens (including phenoxy) is 2. The van der Waals surface area contributed by atoms with Crippen LogP contribution in [0.1, 0.15) is 29.4 Å². The molecule has 3 heterocycles. The van der Waals surface area contributed by atoms with E-state index in [9.17, 15) is 26.9 Å². The van der Waals surface area contributed by atoms with Gasteiger partial charge in [-0.3, -0.25) is 4.79 Å². The van der Waals surface area contributed by atoms with E-state index in [0.717, 1.165) is 12.1 Å². The maximum Gasteiger partial charge on any atom is 0.272 e. The lowest BCUT2D eigenvalue weighted by atomic mass is 10.1. The molecule has 1 atom stereocenters. The number of rotatable bonds is 14. The number of ketones is 1. The van der Waals surface area contributed by atoms with Crippen molar-refractivity contribution in [1.82, 2.24) is 19.1 Å². The fourth-order valence-corrected chi connectivity index (χ4v) is 5.45. The average molecular weight is 662 g/mol. The SMILES string of the molecule is CC/C=C(\N=C/Cn1ncc(C(=O)c2cc3cc(OCC(F)F)c(NC4CN([S+](C)[O-])C4)cc3[nH]2)c1N)Oc1c(F)cccc1F. The summed E-state index contributed by atoms with van der Waals surface area (Å²) < 4.78 is 79.4. The standard InChI is InChI=1S/C30H31F4N7O4S/c1-3-5-27(45-29-20(31)6-4-7-21(29)32)36-8-9-41-30(35)19(13-37-41)28(42)24-10-17-11-25(44-16-26(33)34)23(12-22(17)39-24)38-18-14-40(15-18)46(2)43/h4-8,10-13,18,26,38-39H,3,9,14-16,35H2,1-2H3/b27-5+,36-8-. The molecule has 0 amide bonds. The van der Waals surface area contributed by atoms with Crippen LogP contribution in [0.3, 0.4) is 0 Å². The van der Waals surface area contributed by atoms with Gasteiger partial charge in [0.25, 0.3) is 6.43 Å². The van der Waals surface area contributed by atoms with Crippen LogP contribution in [0.5, 0.6) is 11.5 Å². The van der Waals surface area contributed by atoms with Gasteiger partial charge in [-0.15, -0.1) is 4.31 Å². The Bertz CT molecular complexity index is 1750. The minimum Gasteiger partial charge on any atom is -0.598 e. The first kappa shape index (κ1) is 32.8. The van der Waals surface area contributed by atoms with Crippen LogP contribution >= 0.6 is 0 Å². The molecule has 1 fully saturated rings. The van der Waals surface area contributed by atoms with Crippen LogP contribution in [0.25, 0.3) is 10.9 Å². The number of nitrogens with two attached hydrogens (primary N) is 1. The van der Waals surface area contributed by atoms with Gasteiger partial charge in [-0.1, -0.05) is 13.0 Å². The van der Waals surface area contributed by atoms with Crippen LogP contribution < -0.4 is 20.5 Å². The first-order valence-corrected chi connectivity index (χ1v) is 15.7. The summed E-state index contributed by atoms with van der Waals surface area (Å²) in [6.45, 7) is 2.01. The highest BCUT2D eigenvalue weighted by Gasteiger charge is 2.34. The number of carbonyl (C=O) groups excluding carboxylic acids is 1. The van der Waals surface area contributed by atoms with E-state index in [-0.39, 0.29) is 41.3 Å². The number of hydrogen-bond donors (Lipinski definition) is 3. The Morgan fingerprint density at radius 1 is 1.28 bits per heavy atom. The lowest BCUT2D eigenvalue weighted by Crippen LogP contribution is -2.56. The van der Waals surface area contributed by atoms with Crippen molar-refractivity contribution in [3.05, 3.63) is 77.4 Å². The summed E-state index contributed by atoms with van der Waals surface area (Å²) in [5.74, 6) is -2.60. The van der Waals surface area contributed by atoms with Crippen LogP contribution in [0.15, 0.2) is 59.5 Å². The molecule has 4 N–H and O–H groups in total. The van der Waals surface area contributed by atoms with Gasteiger partial charge in [0.05, 0.1) is 48.8 Å². The van der Waals surface area contributed by atoms with Crippen molar-refractivity contribution in [1.29, 1.82) is 0 Å². The van der Waals surface area contributed by atoms with E-state index in [0.29, 0.717) is 36.1 Å². The third-order valence-electron chi connectivity index (χ3n) is 7.00. The maximum absolute atomic E-state index is 14.0. The molecular weight excluding hydrogens is 630 g/mol. The molecule has 1 unspecified atom stereocenters. The largest absolute Gasteiger partial charge is 0.598 e. The molecule has 2 aromatic heterocycles. The molecule has 0 radical (unpaired) electrons. The number of nitrogen functional groups attached to an aromatic ring is 1. The summed E-state index contributed by atoms with van der Waals surface area (Å²) >= 11 is -1.11. The van der Waals surface area contributed by atoms with Gasteiger partial charge < -0.3 is 30.1 Å². The number of aliphatic imine (C=N–C) groups is 1. The predicted molar refractivity (Wildman–Crippen MR) is 167 cm³/mol. The topological polar surface area (TPSA) is 146 Å². The molecule has 0 aliphatic carbocycles. The van der Waals surface area contributed by atoms with Crippen molar-refractivity contribution in [3.8, 4) is 11.5 Å². The molecule has 11 nitrogen and oxygen atoms in total. The van der Waals surface area contributed by atoms with E-state index in [2.05, 4.69) is 20.4 Å². The summed E-state index contributed by atoms with van der Waals surface area (Å²) in [4.78, 5) is 20.6. The first-order valence-electron chi connectivity index (χ1n) is 14.2. The lowest BCUT2D eigenvalue weighted by Gasteiger charge is -2.38. The predicted octanol–water partition coefficient (Wildman–Crippen LogP) is 4.89. The average Bonchev–Trinajstić information content (AvgIpc) is 3.57. The molecular formula is C30H31F4N7O4S. The molecule has 46 heavy (non-hydrogen) atoms. The number of allylic oxidation sites excluding steroid dienone is 1. The van der Waals surface area contributed by atoms with E-state index in [4.69, 9.17) is 15.2 Å². The van der Waals surface area contributed by atoms with E-state index in [1.54, 1.807) is 41.8 Å². The summed E-state index contributed by atoms with van der Waals surface area (Å²) in [5.41, 5.74) is 7.51. The number of H-pyrrole nitrogens is 1. The number of nitrogens with one attached hydrogen (secondary N) is 2. The highest BCUT2D eigenvalue weighted by Crippen LogP contribution is 2.34. The molecule has 0 bridgehead atoms. The summed E-state index contributed by atoms with van der Waals surface area (Å²) in [5, 5.41) is 7.95. The van der Waals surface area contributed by atoms with Gasteiger partial charge in [-0.05, 0) is 42.8 Å². The van der Waals surface area contributed by atoms with Gasteiger partial charge in [-0.25, -0.2) is 27.2 Å². The van der Waals surface area contributed by atoms with Crippen molar-refractivity contribution in [2.75, 3.05) is 37.0 Å². The number of alkyl halides is 2. The smallest absolute Gasteiger partial charge is 0.272 e. The van der Waals surface area contributed by atoms with E-state index in [1.165, 1.54) is 23.2 Å². The lowest BCUT2D eigenvalue weighted by molar-refractivity contribution is 0.0822. The molecule has 4 aromatic rings. The van der Waals surface area contributed by atoms with Crippen LogP contribution in [0.4, 0.5) is 29.1 Å². The molecule has 1 aliphatic heterocycles. The van der Waals surface area contributed by atoms with Crippen molar-refractivity contribution < 1.29 is 36.4 Å². The Morgan fingerprint density at radius 3 is 2.70 bits per heavy atom. The van der Waals surface area contributed by atoms with E-state index >= 15 is 0 Å². The number of aromatic nitrogens is 3. The van der Waals surface area contributed by atoms with Crippen LogP contribution in [0.2, 0.25) is 0 Å². The zero-order chi connectivity index (χ0) is 33.0. The molecule has 2 aromatic carbocycles. The number of carbonyl (C=O) groups is 1. The minimum absolute atomic E-state index is 0.0140. The summed E-state index contributed by atoms with van der Waals surface area (Å²) in [7, 11) is 0. The number of anilines is 2. The van der Waals surface area contributed by atoms with Gasteiger partial charge in [-0.2, -0.15) is 5.10 Å². The minimum atomic E-state index is -2.69. The molecule has 244 valence electrons. The zero-order valence-corrected chi connectivity index (χ0v) is 25.6. The van der Waals surface area contributed by atoms with Crippen molar-refractivity contribution in [2.24, 2.45) is 4.99 Å². The molecule has 1 saturated heterocycles. The van der Waals surface area contributed by atoms with Crippen molar-refractivity contribution in [2.45, 2.75) is 32.4 Å². The Balaban J connectivity index is 1.31. The van der Waals surface area contributed by atoms with E-state index in [1.807, 2.05) is 0 Å². The fourth-order valence-electron chi connectivity index (χ4n) is 4.67. The quantitative estimate of drug-likeness (QED) is 0.0570. The van der Waals surface area contributed by atoms with Gasteiger partial charge in [0.1, 0.15) is 24.4 Å². The Morgan fingerprint density at radius 2 is 2.02 bits per heavy atom. The summed E-state index contributed by atoms with van der Waals surface area (Å²) in [6.07, 6.45) is 3.59. The number of aromatic amines is 1. The monoisotopic (exact) mass is 661 g/mol. The number of benzene rings is 2. The highest BCUT2D eigenvalue weighted by molar-refractivity contribution is 7.88. The Labute approximate surface area is 264 Å². The highest BCUT2D eigenvalue weighted by atomic mass is 32.2. The number of halogens is 4. The second-order valence-electron chi connectivity index (χ2n) is 10.3. The zero-order valence-electron chi connectivity index (χ0n) is 24.8. The van der Waals surface area contributed by atoms with Gasteiger partial charge in [0, 0.05) is 28.5 Å². The van der Waals surface area contributed by atoms with E-state index < -0.39 is 47.6 Å². The van der Waals surface area contributed by atoms with Crippen LogP contribution in [-0.2, 0) is 17.9 Å². The molecule has 1 aliphatic rings. The normalized spacial score (nSPS) is 15.1. The second-order valence-corrected chi connectivity index (χ2v) is 11.7. The van der Waals surface area contributed by atoms with Crippen LogP contribution in [-0.4, -0.2) is 74.0 Å². The number of para-hydroxylation sites is 1. The molecule has 0 saturated carbocycles. The summed E-state index contributed by atoms with van der Waals surface area (Å²) in [6, 6.07) is 8.07. The van der Waals surface area contributed by atoms with Gasteiger partial charge >= 0.3 is 0 Å². The molecule has 0 spiro atoms. The Hall–Kier alpha value is -4.54. The number of nitrogens with zero attached hydrogens (tertiary/aromatic N) is 4. The second kappa shape index (κ2) is 14.3. The van der Waals surface area contributed by atoms with Crippen molar-refractivity contribution in [3.63, 3.8) is 0 Å². The van der Waals surface area contributed by atoms with Gasteiger partial charge in [0.2, 0.25) is 17.4 Å². The number of hydrogen-bond acceptors (Lipinski definition) is 9. The maximum atomic E-state index is 14.0. The first-order chi connectivity index (χ1) is 22.0. The molecule has 5 rings (SSSR count). The number of fused-ring (bicyclic) bond motifs is 1. The van der Waals surface area contributed by atoms with Crippen molar-refractivity contribution >= 4 is 45.8 Å².